The Bertz CT molecular complexity index is 1030. The first kappa shape index (κ1) is 15.4. The standard InChI is InChI=1S/C20H19N3O3/c24-18(10-15-11-19(26-22-15)12-2-3-12)14-5-4-13-8-17-20(25)21-6-1-7-23(17)16(13)9-14/h4-5,8-9,11-12H,1-3,6-7,10H2,(H,21,25). The number of nitrogens with one attached hydrogen (secondary N) is 1. The Kier molecular flexibility index (Phi) is 3.45. The number of amides is 1. The first-order valence-corrected chi connectivity index (χ1v) is 9.09. The predicted octanol–water partition coefficient (Wildman–Crippen LogP) is 3.07. The minimum Gasteiger partial charge on any atom is -0.361 e. The Morgan fingerprint density at radius 3 is 3.00 bits per heavy atom. The summed E-state index contributed by atoms with van der Waals surface area (Å²) >= 11 is 0. The number of nitrogens with zero attached hydrogens (tertiary/aromatic N) is 2. The van der Waals surface area contributed by atoms with Gasteiger partial charge in [-0.05, 0) is 31.4 Å². The third-order valence-corrected chi connectivity index (χ3v) is 5.20. The fourth-order valence-corrected chi connectivity index (χ4v) is 3.62. The molecule has 2 aliphatic rings. The first-order chi connectivity index (χ1) is 12.7. The van der Waals surface area contributed by atoms with Crippen LogP contribution in [0.1, 0.15) is 57.5 Å². The summed E-state index contributed by atoms with van der Waals surface area (Å²) in [6.45, 7) is 1.44. The zero-order valence-electron chi connectivity index (χ0n) is 14.3. The van der Waals surface area contributed by atoms with Crippen molar-refractivity contribution in [2.75, 3.05) is 6.54 Å². The molecule has 2 aromatic heterocycles. The third kappa shape index (κ3) is 2.62. The number of aromatic nitrogens is 2. The van der Waals surface area contributed by atoms with Gasteiger partial charge in [-0.1, -0.05) is 17.3 Å². The Morgan fingerprint density at radius 2 is 2.15 bits per heavy atom. The summed E-state index contributed by atoms with van der Waals surface area (Å²) in [6, 6.07) is 9.42. The number of carbonyl (C=O) groups is 2. The number of benzene rings is 1. The smallest absolute Gasteiger partial charge is 0.267 e. The Hall–Kier alpha value is -2.89. The average Bonchev–Trinajstić information content (AvgIpc) is 3.33. The zero-order chi connectivity index (χ0) is 17.7. The van der Waals surface area contributed by atoms with Gasteiger partial charge in [0.2, 0.25) is 0 Å². The van der Waals surface area contributed by atoms with Gasteiger partial charge in [0.15, 0.2) is 5.78 Å². The van der Waals surface area contributed by atoms with E-state index in [1.54, 1.807) is 0 Å². The van der Waals surface area contributed by atoms with Gasteiger partial charge in [-0.3, -0.25) is 9.59 Å². The average molecular weight is 349 g/mol. The van der Waals surface area contributed by atoms with Crippen molar-refractivity contribution in [1.29, 1.82) is 0 Å². The van der Waals surface area contributed by atoms with Gasteiger partial charge in [0.1, 0.15) is 11.5 Å². The molecule has 0 radical (unpaired) electrons. The SMILES string of the molecule is O=C(Cc1cc(C2CC2)on1)c1ccc2cc3n(c2c1)CCCNC3=O. The van der Waals surface area contributed by atoms with Crippen LogP contribution in [0.4, 0.5) is 0 Å². The lowest BCUT2D eigenvalue weighted by atomic mass is 10.0. The summed E-state index contributed by atoms with van der Waals surface area (Å²) in [5, 5.41) is 7.91. The molecule has 1 fully saturated rings. The fourth-order valence-electron chi connectivity index (χ4n) is 3.62. The van der Waals surface area contributed by atoms with Gasteiger partial charge in [-0.25, -0.2) is 0 Å². The van der Waals surface area contributed by atoms with Crippen LogP contribution < -0.4 is 5.32 Å². The Morgan fingerprint density at radius 1 is 1.27 bits per heavy atom. The first-order valence-electron chi connectivity index (χ1n) is 9.09. The minimum atomic E-state index is -0.0539. The molecular weight excluding hydrogens is 330 g/mol. The summed E-state index contributed by atoms with van der Waals surface area (Å²) in [5.74, 6) is 1.34. The molecule has 0 spiro atoms. The molecule has 6 nitrogen and oxygen atoms in total. The molecule has 0 atom stereocenters. The molecule has 1 N–H and O–H groups in total. The van der Waals surface area contributed by atoms with E-state index in [2.05, 4.69) is 10.5 Å². The largest absolute Gasteiger partial charge is 0.361 e. The van der Waals surface area contributed by atoms with E-state index in [-0.39, 0.29) is 18.1 Å². The van der Waals surface area contributed by atoms with E-state index in [1.807, 2.05) is 34.9 Å². The molecule has 6 heteroatoms. The van der Waals surface area contributed by atoms with E-state index in [1.165, 1.54) is 0 Å². The van der Waals surface area contributed by atoms with E-state index in [0.29, 0.717) is 29.4 Å². The normalized spacial score (nSPS) is 17.0. The maximum absolute atomic E-state index is 12.7. The van der Waals surface area contributed by atoms with Crippen molar-refractivity contribution >= 4 is 22.6 Å². The molecule has 1 aliphatic heterocycles. The van der Waals surface area contributed by atoms with Gasteiger partial charge in [0.25, 0.3) is 5.91 Å². The summed E-state index contributed by atoms with van der Waals surface area (Å²) in [4.78, 5) is 24.9. The van der Waals surface area contributed by atoms with Crippen molar-refractivity contribution in [3.05, 3.63) is 53.0 Å². The van der Waals surface area contributed by atoms with Crippen LogP contribution in [-0.2, 0) is 13.0 Å². The van der Waals surface area contributed by atoms with Crippen LogP contribution in [0.3, 0.4) is 0 Å². The van der Waals surface area contributed by atoms with Gasteiger partial charge < -0.3 is 14.4 Å². The van der Waals surface area contributed by atoms with Crippen LogP contribution in [0.2, 0.25) is 0 Å². The molecule has 3 aromatic rings. The monoisotopic (exact) mass is 349 g/mol. The number of Topliss-reactive ketones (excluding diaryl/α,β-unsaturated/α-hetero) is 1. The quantitative estimate of drug-likeness (QED) is 0.735. The molecule has 5 rings (SSSR count). The number of rotatable bonds is 4. The van der Waals surface area contributed by atoms with Crippen LogP contribution in [0, 0.1) is 0 Å². The summed E-state index contributed by atoms with van der Waals surface area (Å²) in [5.41, 5.74) is 2.92. The highest BCUT2D eigenvalue weighted by molar-refractivity contribution is 6.03. The number of aryl methyl sites for hydroxylation is 1. The van der Waals surface area contributed by atoms with E-state index in [9.17, 15) is 9.59 Å². The maximum Gasteiger partial charge on any atom is 0.267 e. The third-order valence-electron chi connectivity index (χ3n) is 5.20. The molecule has 0 bridgehead atoms. The van der Waals surface area contributed by atoms with Crippen LogP contribution >= 0.6 is 0 Å². The zero-order valence-corrected chi connectivity index (χ0v) is 14.3. The van der Waals surface area contributed by atoms with Crippen LogP contribution in [0.25, 0.3) is 10.9 Å². The Labute approximate surface area is 150 Å². The number of hydrogen-bond donors (Lipinski definition) is 1. The molecule has 1 aromatic carbocycles. The molecule has 0 saturated heterocycles. The Balaban J connectivity index is 1.45. The highest BCUT2D eigenvalue weighted by Gasteiger charge is 2.28. The summed E-state index contributed by atoms with van der Waals surface area (Å²) in [7, 11) is 0. The van der Waals surface area contributed by atoms with Crippen molar-refractivity contribution in [3.8, 4) is 0 Å². The van der Waals surface area contributed by atoms with Gasteiger partial charge >= 0.3 is 0 Å². The highest BCUT2D eigenvalue weighted by Crippen LogP contribution is 2.40. The minimum absolute atomic E-state index is 0.0103. The summed E-state index contributed by atoms with van der Waals surface area (Å²) < 4.78 is 7.34. The van der Waals surface area contributed by atoms with Crippen LogP contribution in [-0.4, -0.2) is 28.0 Å². The maximum atomic E-state index is 12.7. The number of ketones is 1. The van der Waals surface area contributed by atoms with Gasteiger partial charge in [0, 0.05) is 41.5 Å². The second-order valence-electron chi connectivity index (χ2n) is 7.16. The topological polar surface area (TPSA) is 77.1 Å². The van der Waals surface area contributed by atoms with Gasteiger partial charge in [0.05, 0.1) is 12.1 Å². The van der Waals surface area contributed by atoms with Crippen molar-refractivity contribution in [1.82, 2.24) is 15.0 Å². The lowest BCUT2D eigenvalue weighted by Gasteiger charge is -2.06. The molecule has 0 unspecified atom stereocenters. The summed E-state index contributed by atoms with van der Waals surface area (Å²) in [6.07, 6.45) is 3.40. The van der Waals surface area contributed by atoms with Gasteiger partial charge in [-0.15, -0.1) is 0 Å². The molecule has 26 heavy (non-hydrogen) atoms. The molecule has 3 heterocycles. The predicted molar refractivity (Wildman–Crippen MR) is 95.4 cm³/mol. The van der Waals surface area contributed by atoms with E-state index in [0.717, 1.165) is 42.5 Å². The van der Waals surface area contributed by atoms with Crippen molar-refractivity contribution in [2.24, 2.45) is 0 Å². The molecular formula is C20H19N3O3. The van der Waals surface area contributed by atoms with Crippen LogP contribution in [0.15, 0.2) is 34.9 Å². The van der Waals surface area contributed by atoms with E-state index < -0.39 is 0 Å². The van der Waals surface area contributed by atoms with Crippen molar-refractivity contribution < 1.29 is 14.1 Å². The van der Waals surface area contributed by atoms with Crippen molar-refractivity contribution in [3.63, 3.8) is 0 Å². The molecule has 1 saturated carbocycles. The van der Waals surface area contributed by atoms with E-state index >= 15 is 0 Å². The van der Waals surface area contributed by atoms with Gasteiger partial charge in [-0.2, -0.15) is 0 Å². The highest BCUT2D eigenvalue weighted by atomic mass is 16.5. The second kappa shape index (κ2) is 5.83. The number of carbonyl (C=O) groups excluding carboxylic acids is 2. The van der Waals surface area contributed by atoms with Crippen LogP contribution in [0.5, 0.6) is 0 Å². The fraction of sp³-hybridized carbons (Fsp3) is 0.350. The lowest BCUT2D eigenvalue weighted by molar-refractivity contribution is 0.0950. The van der Waals surface area contributed by atoms with E-state index in [4.69, 9.17) is 4.52 Å². The lowest BCUT2D eigenvalue weighted by Crippen LogP contribution is -2.22. The number of fused-ring (bicyclic) bond motifs is 3. The molecule has 132 valence electrons. The molecule has 1 aliphatic carbocycles. The second-order valence-corrected chi connectivity index (χ2v) is 7.16. The molecule has 1 amide bonds. The van der Waals surface area contributed by atoms with Crippen molar-refractivity contribution in [2.45, 2.75) is 38.1 Å². The number of hydrogen-bond acceptors (Lipinski definition) is 4.